The van der Waals surface area contributed by atoms with E-state index < -0.39 is 0 Å². The fourth-order valence-corrected chi connectivity index (χ4v) is 1.97. The summed E-state index contributed by atoms with van der Waals surface area (Å²) in [5.41, 5.74) is 7.26. The maximum absolute atomic E-state index is 5.74. The van der Waals surface area contributed by atoms with Crippen molar-refractivity contribution in [1.29, 1.82) is 0 Å². The highest BCUT2D eigenvalue weighted by Crippen LogP contribution is 2.22. The van der Waals surface area contributed by atoms with Crippen LogP contribution in [0.15, 0.2) is 30.3 Å². The summed E-state index contributed by atoms with van der Waals surface area (Å²) in [7, 11) is 0. The van der Waals surface area contributed by atoms with Crippen molar-refractivity contribution in [2.75, 3.05) is 19.8 Å². The summed E-state index contributed by atoms with van der Waals surface area (Å²) < 4.78 is 11.0. The van der Waals surface area contributed by atoms with Gasteiger partial charge in [0, 0.05) is 12.0 Å². The second kappa shape index (κ2) is 7.17. The molecular weight excluding hydrogens is 272 g/mol. The number of hydrogen-bond donors (Lipinski definition) is 1. The first-order valence-corrected chi connectivity index (χ1v) is 7.03. The Bertz CT molecular complexity index is 601. The molecule has 0 spiro atoms. The largest absolute Gasteiger partial charge is 0.475 e. The van der Waals surface area contributed by atoms with Crippen LogP contribution in [-0.2, 0) is 4.74 Å². The van der Waals surface area contributed by atoms with Crippen molar-refractivity contribution in [3.8, 4) is 5.88 Å². The van der Waals surface area contributed by atoms with Gasteiger partial charge in [-0.05, 0) is 18.6 Å². The molecule has 5 heteroatoms. The molecule has 0 aliphatic heterocycles. The number of fused-ring (bicyclic) bond motifs is 1. The molecule has 0 aliphatic rings. The average molecular weight is 290 g/mol. The molecule has 0 radical (unpaired) electrons. The zero-order chi connectivity index (χ0) is 14.4. The molecule has 0 atom stereocenters. The number of hydrogen-bond acceptors (Lipinski definition) is 4. The van der Waals surface area contributed by atoms with Gasteiger partial charge in [0.05, 0.1) is 17.7 Å². The summed E-state index contributed by atoms with van der Waals surface area (Å²) in [6, 6.07) is 9.70. The number of para-hydroxylation sites is 1. The monoisotopic (exact) mass is 290 g/mol. The van der Waals surface area contributed by atoms with E-state index in [1.54, 1.807) is 0 Å². The third-order valence-electron chi connectivity index (χ3n) is 2.77. The first kappa shape index (κ1) is 14.7. The Hall–Kier alpha value is -1.72. The summed E-state index contributed by atoms with van der Waals surface area (Å²) in [5, 5.41) is 0.991. The number of pyridine rings is 1. The van der Waals surface area contributed by atoms with E-state index in [2.05, 4.69) is 11.9 Å². The van der Waals surface area contributed by atoms with Crippen molar-refractivity contribution in [2.45, 2.75) is 13.3 Å². The van der Waals surface area contributed by atoms with Gasteiger partial charge >= 0.3 is 0 Å². The molecule has 0 saturated carbocycles. The Labute approximate surface area is 123 Å². The van der Waals surface area contributed by atoms with Gasteiger partial charge in [-0.15, -0.1) is 0 Å². The van der Waals surface area contributed by atoms with E-state index in [9.17, 15) is 0 Å². The number of thiocarbonyl (C=S) groups is 1. The molecule has 20 heavy (non-hydrogen) atoms. The summed E-state index contributed by atoms with van der Waals surface area (Å²) in [6.45, 7) is 3.76. The fraction of sp³-hybridized carbons (Fsp3) is 0.333. The van der Waals surface area contributed by atoms with Crippen LogP contribution in [0.2, 0.25) is 0 Å². The van der Waals surface area contributed by atoms with Crippen molar-refractivity contribution in [2.24, 2.45) is 5.73 Å². The number of ether oxygens (including phenoxy) is 2. The first-order chi connectivity index (χ1) is 9.72. The molecule has 1 aromatic heterocycles. The predicted octanol–water partition coefficient (Wildman–Crippen LogP) is 2.67. The normalized spacial score (nSPS) is 10.7. The molecule has 1 heterocycles. The minimum absolute atomic E-state index is 0.285. The highest BCUT2D eigenvalue weighted by molar-refractivity contribution is 7.80. The maximum Gasteiger partial charge on any atom is 0.224 e. The van der Waals surface area contributed by atoms with Crippen LogP contribution in [0.1, 0.15) is 18.9 Å². The standard InChI is InChI=1S/C15H18N2O2S/c1-2-7-18-8-9-19-15-12(14(16)20)10-11-5-3-4-6-13(11)17-15/h3-6,10H,2,7-9H2,1H3,(H2,16,20). The molecule has 1 aromatic carbocycles. The quantitative estimate of drug-likeness (QED) is 0.627. The topological polar surface area (TPSA) is 57.4 Å². The fourth-order valence-electron chi connectivity index (χ4n) is 1.83. The summed E-state index contributed by atoms with van der Waals surface area (Å²) in [4.78, 5) is 4.75. The molecule has 2 aromatic rings. The number of nitrogens with two attached hydrogens (primary N) is 1. The molecule has 0 bridgehead atoms. The van der Waals surface area contributed by atoms with Crippen molar-refractivity contribution in [1.82, 2.24) is 4.98 Å². The second-order valence-corrected chi connectivity index (χ2v) is 4.80. The van der Waals surface area contributed by atoms with Crippen molar-refractivity contribution >= 4 is 28.1 Å². The second-order valence-electron chi connectivity index (χ2n) is 4.36. The predicted molar refractivity (Wildman–Crippen MR) is 84.2 cm³/mol. The van der Waals surface area contributed by atoms with Gasteiger partial charge in [0.25, 0.3) is 0 Å². The highest BCUT2D eigenvalue weighted by atomic mass is 32.1. The van der Waals surface area contributed by atoms with E-state index in [4.69, 9.17) is 27.4 Å². The highest BCUT2D eigenvalue weighted by Gasteiger charge is 2.10. The molecule has 106 valence electrons. The molecule has 0 unspecified atom stereocenters. The van der Waals surface area contributed by atoms with Gasteiger partial charge in [-0.25, -0.2) is 4.98 Å². The lowest BCUT2D eigenvalue weighted by molar-refractivity contribution is 0.0991. The van der Waals surface area contributed by atoms with E-state index in [1.165, 1.54) is 0 Å². The molecular formula is C15H18N2O2S. The molecule has 0 aliphatic carbocycles. The van der Waals surface area contributed by atoms with Gasteiger partial charge in [0.2, 0.25) is 5.88 Å². The van der Waals surface area contributed by atoms with Gasteiger partial charge < -0.3 is 15.2 Å². The first-order valence-electron chi connectivity index (χ1n) is 6.62. The minimum Gasteiger partial charge on any atom is -0.475 e. The molecule has 0 saturated heterocycles. The molecule has 2 rings (SSSR count). The van der Waals surface area contributed by atoms with Crippen LogP contribution in [0.4, 0.5) is 0 Å². The Kier molecular flexibility index (Phi) is 5.26. The lowest BCUT2D eigenvalue weighted by Gasteiger charge is -2.11. The van der Waals surface area contributed by atoms with E-state index in [0.29, 0.717) is 24.7 Å². The third kappa shape index (κ3) is 3.65. The van der Waals surface area contributed by atoms with Crippen LogP contribution < -0.4 is 10.5 Å². The smallest absolute Gasteiger partial charge is 0.224 e. The van der Waals surface area contributed by atoms with Crippen molar-refractivity contribution in [3.63, 3.8) is 0 Å². The zero-order valence-corrected chi connectivity index (χ0v) is 12.3. The van der Waals surface area contributed by atoms with Crippen LogP contribution >= 0.6 is 12.2 Å². The number of rotatable bonds is 7. The van der Waals surface area contributed by atoms with Gasteiger partial charge in [-0.1, -0.05) is 37.3 Å². The molecule has 4 nitrogen and oxygen atoms in total. The summed E-state index contributed by atoms with van der Waals surface area (Å²) >= 11 is 5.06. The number of aromatic nitrogens is 1. The van der Waals surface area contributed by atoms with E-state index >= 15 is 0 Å². The van der Waals surface area contributed by atoms with Gasteiger partial charge in [-0.2, -0.15) is 0 Å². The average Bonchev–Trinajstić information content (AvgIpc) is 2.46. The molecule has 2 N–H and O–H groups in total. The van der Waals surface area contributed by atoms with Gasteiger partial charge in [0.1, 0.15) is 11.6 Å². The Morgan fingerprint density at radius 1 is 1.25 bits per heavy atom. The number of nitrogens with zero attached hydrogens (tertiary/aromatic N) is 1. The maximum atomic E-state index is 5.74. The van der Waals surface area contributed by atoms with Gasteiger partial charge in [0.15, 0.2) is 0 Å². The van der Waals surface area contributed by atoms with Crippen LogP contribution in [-0.4, -0.2) is 29.8 Å². The molecule has 0 fully saturated rings. The van der Waals surface area contributed by atoms with Crippen LogP contribution in [0.3, 0.4) is 0 Å². The Balaban J connectivity index is 2.17. The van der Waals surface area contributed by atoms with Crippen LogP contribution in [0, 0.1) is 0 Å². The van der Waals surface area contributed by atoms with Crippen molar-refractivity contribution in [3.05, 3.63) is 35.9 Å². The summed E-state index contributed by atoms with van der Waals surface area (Å²) in [5.74, 6) is 0.469. The lowest BCUT2D eigenvalue weighted by atomic mass is 10.1. The summed E-state index contributed by atoms with van der Waals surface area (Å²) in [6.07, 6.45) is 0.992. The zero-order valence-electron chi connectivity index (χ0n) is 11.5. The van der Waals surface area contributed by atoms with Crippen LogP contribution in [0.5, 0.6) is 5.88 Å². The SMILES string of the molecule is CCCOCCOc1nc2ccccc2cc1C(N)=S. The third-order valence-corrected chi connectivity index (χ3v) is 2.99. The van der Waals surface area contributed by atoms with E-state index in [1.807, 2.05) is 30.3 Å². The minimum atomic E-state index is 0.285. The van der Waals surface area contributed by atoms with Gasteiger partial charge in [-0.3, -0.25) is 0 Å². The van der Waals surface area contributed by atoms with Crippen LogP contribution in [0.25, 0.3) is 10.9 Å². The Morgan fingerprint density at radius 2 is 2.05 bits per heavy atom. The van der Waals surface area contributed by atoms with Crippen molar-refractivity contribution < 1.29 is 9.47 Å². The lowest BCUT2D eigenvalue weighted by Crippen LogP contribution is -2.15. The Morgan fingerprint density at radius 3 is 2.80 bits per heavy atom. The number of benzene rings is 1. The van der Waals surface area contributed by atoms with E-state index in [0.717, 1.165) is 23.9 Å². The van der Waals surface area contributed by atoms with E-state index in [-0.39, 0.29) is 4.99 Å². The molecule has 0 amide bonds.